The maximum Gasteiger partial charge on any atom is 0.273 e. The summed E-state index contributed by atoms with van der Waals surface area (Å²) in [6, 6.07) is 19.3. The molecular formula is C23H25ClN2O3S2. The molecule has 1 unspecified atom stereocenters. The fraction of sp³-hybridized carbons (Fsp3) is 0.304. The molecule has 2 heterocycles. The first kappa shape index (κ1) is 22.1. The van der Waals surface area contributed by atoms with Crippen LogP contribution in [0.3, 0.4) is 0 Å². The predicted molar refractivity (Wildman–Crippen MR) is 127 cm³/mol. The first-order valence-corrected chi connectivity index (χ1v) is 12.8. The van der Waals surface area contributed by atoms with Gasteiger partial charge in [-0.25, -0.2) is 8.42 Å². The molecule has 1 aliphatic rings. The molecule has 0 spiro atoms. The molecule has 1 N–H and O–H groups in total. The summed E-state index contributed by atoms with van der Waals surface area (Å²) in [6.07, 6.45) is 1.85. The minimum atomic E-state index is -3.66. The van der Waals surface area contributed by atoms with Crippen molar-refractivity contribution in [3.8, 4) is 5.75 Å². The number of ether oxygens (including phenoxy) is 1. The number of benzene rings is 2. The summed E-state index contributed by atoms with van der Waals surface area (Å²) < 4.78 is 34.0. The third-order valence-electron chi connectivity index (χ3n) is 5.56. The zero-order valence-electron chi connectivity index (χ0n) is 17.4. The van der Waals surface area contributed by atoms with E-state index < -0.39 is 10.0 Å². The van der Waals surface area contributed by atoms with Gasteiger partial charge in [-0.1, -0.05) is 48.0 Å². The molecule has 1 aliphatic heterocycles. The molecule has 164 valence electrons. The van der Waals surface area contributed by atoms with Crippen LogP contribution in [0, 0.1) is 0 Å². The maximum absolute atomic E-state index is 12.9. The molecule has 2 aromatic carbocycles. The van der Waals surface area contributed by atoms with Crippen molar-refractivity contribution < 1.29 is 13.2 Å². The van der Waals surface area contributed by atoms with E-state index in [2.05, 4.69) is 24.4 Å². The van der Waals surface area contributed by atoms with E-state index in [9.17, 15) is 8.42 Å². The SMILES string of the molecule is C[C@H](NCC1CCc2ccc(N(C)S(=O)(=O)c3ccc(Cl)s3)cc2O1)c1ccccc1. The molecule has 0 saturated heterocycles. The third-order valence-corrected chi connectivity index (χ3v) is 9.04. The lowest BCUT2D eigenvalue weighted by Crippen LogP contribution is -2.35. The van der Waals surface area contributed by atoms with Crippen LogP contribution in [-0.4, -0.2) is 28.1 Å². The molecule has 0 aliphatic carbocycles. The van der Waals surface area contributed by atoms with Gasteiger partial charge in [-0.15, -0.1) is 11.3 Å². The van der Waals surface area contributed by atoms with Gasteiger partial charge >= 0.3 is 0 Å². The number of anilines is 1. The Morgan fingerprint density at radius 2 is 1.97 bits per heavy atom. The minimum absolute atomic E-state index is 0.0342. The van der Waals surface area contributed by atoms with Crippen molar-refractivity contribution in [1.29, 1.82) is 0 Å². The van der Waals surface area contributed by atoms with Crippen LogP contribution in [0.4, 0.5) is 5.69 Å². The number of fused-ring (bicyclic) bond motifs is 1. The summed E-state index contributed by atoms with van der Waals surface area (Å²) in [6.45, 7) is 2.86. The van der Waals surface area contributed by atoms with Crippen molar-refractivity contribution in [3.63, 3.8) is 0 Å². The van der Waals surface area contributed by atoms with E-state index in [1.54, 1.807) is 13.1 Å². The molecule has 5 nitrogen and oxygen atoms in total. The smallest absolute Gasteiger partial charge is 0.273 e. The second-order valence-electron chi connectivity index (χ2n) is 7.64. The van der Waals surface area contributed by atoms with Gasteiger partial charge in [0.25, 0.3) is 10.0 Å². The van der Waals surface area contributed by atoms with Gasteiger partial charge in [0.2, 0.25) is 0 Å². The van der Waals surface area contributed by atoms with Gasteiger partial charge in [0.05, 0.1) is 10.0 Å². The van der Waals surface area contributed by atoms with E-state index in [0.29, 0.717) is 10.0 Å². The molecule has 4 rings (SSSR count). The molecule has 8 heteroatoms. The molecular weight excluding hydrogens is 452 g/mol. The zero-order valence-corrected chi connectivity index (χ0v) is 19.8. The highest BCUT2D eigenvalue weighted by Gasteiger charge is 2.26. The number of hydrogen-bond acceptors (Lipinski definition) is 5. The van der Waals surface area contributed by atoms with Crippen LogP contribution in [0.25, 0.3) is 0 Å². The van der Waals surface area contributed by atoms with Gasteiger partial charge < -0.3 is 10.1 Å². The molecule has 0 fully saturated rings. The summed E-state index contributed by atoms with van der Waals surface area (Å²) in [7, 11) is -2.11. The largest absolute Gasteiger partial charge is 0.489 e. The number of aryl methyl sites for hydroxylation is 1. The van der Waals surface area contributed by atoms with E-state index >= 15 is 0 Å². The summed E-state index contributed by atoms with van der Waals surface area (Å²) in [4.78, 5) is 0. The lowest BCUT2D eigenvalue weighted by atomic mass is 10.0. The first-order valence-electron chi connectivity index (χ1n) is 10.2. The predicted octanol–water partition coefficient (Wildman–Crippen LogP) is 5.27. The Morgan fingerprint density at radius 3 is 2.68 bits per heavy atom. The van der Waals surface area contributed by atoms with Gasteiger partial charge in [-0.05, 0) is 49.1 Å². The highest BCUT2D eigenvalue weighted by molar-refractivity contribution is 7.94. The van der Waals surface area contributed by atoms with Crippen molar-refractivity contribution in [2.45, 2.75) is 36.1 Å². The Balaban J connectivity index is 1.45. The number of nitrogens with zero attached hydrogens (tertiary/aromatic N) is 1. The van der Waals surface area contributed by atoms with Crippen LogP contribution in [0.15, 0.2) is 64.9 Å². The standard InChI is InChI=1S/C23H25ClN2O3S2/c1-16(17-6-4-3-5-7-17)25-15-20-11-9-18-8-10-19(14-21(18)29-20)26(2)31(27,28)23-13-12-22(24)30-23/h3-8,10,12-14,16,20,25H,9,11,15H2,1-2H3/t16-,20?/m0/s1. The Labute approximate surface area is 192 Å². The molecule has 1 aromatic heterocycles. The molecule has 31 heavy (non-hydrogen) atoms. The summed E-state index contributed by atoms with van der Waals surface area (Å²) >= 11 is 6.98. The van der Waals surface area contributed by atoms with Crippen LogP contribution < -0.4 is 14.4 Å². The lowest BCUT2D eigenvalue weighted by molar-refractivity contribution is 0.167. The van der Waals surface area contributed by atoms with Crippen LogP contribution >= 0.6 is 22.9 Å². The second-order valence-corrected chi connectivity index (χ2v) is 11.6. The highest BCUT2D eigenvalue weighted by Crippen LogP contribution is 2.35. The van der Waals surface area contributed by atoms with Crippen molar-refractivity contribution in [2.24, 2.45) is 0 Å². The van der Waals surface area contributed by atoms with E-state index in [4.69, 9.17) is 16.3 Å². The van der Waals surface area contributed by atoms with Gasteiger partial charge in [-0.3, -0.25) is 4.31 Å². The summed E-state index contributed by atoms with van der Waals surface area (Å²) in [5.41, 5.74) is 2.90. The maximum atomic E-state index is 12.9. The Hall–Kier alpha value is -2.06. The third kappa shape index (κ3) is 4.90. The van der Waals surface area contributed by atoms with Crippen molar-refractivity contribution in [1.82, 2.24) is 5.32 Å². The number of hydrogen-bond donors (Lipinski definition) is 1. The van der Waals surface area contributed by atoms with Gasteiger partial charge in [0.1, 0.15) is 16.1 Å². The van der Waals surface area contributed by atoms with E-state index in [1.807, 2.05) is 36.4 Å². The lowest BCUT2D eigenvalue weighted by Gasteiger charge is -2.29. The Morgan fingerprint density at radius 1 is 1.19 bits per heavy atom. The van der Waals surface area contributed by atoms with Crippen LogP contribution in [0.2, 0.25) is 4.34 Å². The number of thiophene rings is 1. The quantitative estimate of drug-likeness (QED) is 0.504. The Kier molecular flexibility index (Phi) is 6.57. The topological polar surface area (TPSA) is 58.6 Å². The molecule has 0 bridgehead atoms. The average Bonchev–Trinajstić information content (AvgIpc) is 3.24. The monoisotopic (exact) mass is 476 g/mol. The highest BCUT2D eigenvalue weighted by atomic mass is 35.5. The fourth-order valence-electron chi connectivity index (χ4n) is 3.63. The first-order chi connectivity index (χ1) is 14.8. The van der Waals surface area contributed by atoms with E-state index in [1.165, 1.54) is 15.9 Å². The Bertz CT molecular complexity index is 1150. The van der Waals surface area contributed by atoms with E-state index in [-0.39, 0.29) is 16.4 Å². The average molecular weight is 477 g/mol. The number of halogens is 1. The van der Waals surface area contributed by atoms with Crippen molar-refractivity contribution in [3.05, 3.63) is 76.1 Å². The zero-order chi connectivity index (χ0) is 22.0. The molecule has 0 radical (unpaired) electrons. The molecule has 0 saturated carbocycles. The normalized spacial score (nSPS) is 16.9. The summed E-state index contributed by atoms with van der Waals surface area (Å²) in [5.74, 6) is 0.745. The van der Waals surface area contributed by atoms with Gasteiger partial charge in [0, 0.05) is 25.7 Å². The van der Waals surface area contributed by atoms with E-state index in [0.717, 1.165) is 42.0 Å². The minimum Gasteiger partial charge on any atom is -0.489 e. The van der Waals surface area contributed by atoms with Gasteiger partial charge in [-0.2, -0.15) is 0 Å². The number of rotatable bonds is 7. The molecule has 3 aromatic rings. The van der Waals surface area contributed by atoms with Gasteiger partial charge in [0.15, 0.2) is 0 Å². The van der Waals surface area contributed by atoms with Crippen molar-refractivity contribution in [2.75, 3.05) is 17.9 Å². The molecule has 0 amide bonds. The van der Waals surface area contributed by atoms with Crippen LogP contribution in [0.1, 0.15) is 30.5 Å². The fourth-order valence-corrected chi connectivity index (χ4v) is 6.47. The van der Waals surface area contributed by atoms with Crippen molar-refractivity contribution >= 4 is 38.6 Å². The van der Waals surface area contributed by atoms with Crippen LogP contribution in [0.5, 0.6) is 5.75 Å². The van der Waals surface area contributed by atoms with Crippen LogP contribution in [-0.2, 0) is 16.4 Å². The number of sulfonamides is 1. The number of nitrogens with one attached hydrogen (secondary N) is 1. The molecule has 2 atom stereocenters. The second kappa shape index (κ2) is 9.20. The summed E-state index contributed by atoms with van der Waals surface area (Å²) in [5, 5.41) is 3.54.